The van der Waals surface area contributed by atoms with Crippen molar-refractivity contribution in [2.24, 2.45) is 0 Å². The van der Waals surface area contributed by atoms with Gasteiger partial charge in [-0.05, 0) is 60.1 Å². The van der Waals surface area contributed by atoms with E-state index in [0.29, 0.717) is 19.1 Å². The number of carbonyl (C=O) groups excluding carboxylic acids is 2. The Kier molecular flexibility index (Phi) is 6.29. The van der Waals surface area contributed by atoms with E-state index in [0.717, 1.165) is 48.3 Å². The minimum absolute atomic E-state index is 0.0135. The number of rotatable bonds is 6. The van der Waals surface area contributed by atoms with Crippen LogP contribution in [0.25, 0.3) is 0 Å². The van der Waals surface area contributed by atoms with E-state index in [9.17, 15) is 9.59 Å². The number of benzene rings is 1. The van der Waals surface area contributed by atoms with Crippen LogP contribution in [-0.2, 0) is 9.59 Å². The Morgan fingerprint density at radius 1 is 1.08 bits per heavy atom. The van der Waals surface area contributed by atoms with Crippen LogP contribution in [0, 0.1) is 10.5 Å². The molecule has 6 nitrogen and oxygen atoms in total. The van der Waals surface area contributed by atoms with Crippen molar-refractivity contribution in [3.63, 3.8) is 0 Å². The molecule has 1 aromatic rings. The molecule has 0 radical (unpaired) electrons. The van der Waals surface area contributed by atoms with E-state index in [1.165, 1.54) is 5.56 Å². The highest BCUT2D eigenvalue weighted by Gasteiger charge is 2.25. The number of hydrogen-bond acceptors (Lipinski definition) is 4. The van der Waals surface area contributed by atoms with Crippen LogP contribution < -0.4 is 10.6 Å². The molecular weight excluding hydrogens is 431 g/mol. The molecule has 25 heavy (non-hydrogen) atoms. The third kappa shape index (κ3) is 5.93. The summed E-state index contributed by atoms with van der Waals surface area (Å²) >= 11 is 2.27. The number of nitrogens with one attached hydrogen (secondary N) is 2. The van der Waals surface area contributed by atoms with Crippen molar-refractivity contribution in [2.45, 2.75) is 25.8 Å². The van der Waals surface area contributed by atoms with E-state index in [1.807, 2.05) is 18.2 Å². The highest BCUT2D eigenvalue weighted by molar-refractivity contribution is 14.1. The molecule has 1 aromatic carbocycles. The van der Waals surface area contributed by atoms with Gasteiger partial charge in [0.1, 0.15) is 0 Å². The molecule has 1 aliphatic carbocycles. The second-order valence-electron chi connectivity index (χ2n) is 6.91. The lowest BCUT2D eigenvalue weighted by Gasteiger charge is -2.33. The molecule has 0 unspecified atom stereocenters. The van der Waals surface area contributed by atoms with Crippen LogP contribution >= 0.6 is 22.6 Å². The van der Waals surface area contributed by atoms with Gasteiger partial charge in [0, 0.05) is 41.5 Å². The predicted molar refractivity (Wildman–Crippen MR) is 107 cm³/mol. The molecule has 2 N–H and O–H groups in total. The average Bonchev–Trinajstić information content (AvgIpc) is 3.36. The summed E-state index contributed by atoms with van der Waals surface area (Å²) in [6, 6.07) is 6.36. The van der Waals surface area contributed by atoms with E-state index in [2.05, 4.69) is 49.9 Å². The van der Waals surface area contributed by atoms with E-state index >= 15 is 0 Å². The van der Waals surface area contributed by atoms with Gasteiger partial charge in [0.2, 0.25) is 11.8 Å². The zero-order valence-corrected chi connectivity index (χ0v) is 16.7. The van der Waals surface area contributed by atoms with Crippen LogP contribution in [0.4, 0.5) is 5.69 Å². The van der Waals surface area contributed by atoms with E-state index in [1.54, 1.807) is 0 Å². The van der Waals surface area contributed by atoms with Crippen molar-refractivity contribution in [3.8, 4) is 0 Å². The summed E-state index contributed by atoms with van der Waals surface area (Å²) in [6.45, 7) is 6.20. The SMILES string of the molecule is Cc1ccc(NC(=O)CN2CCN(CC(=O)NC3CC3)CC2)cc1I. The molecule has 0 bridgehead atoms. The van der Waals surface area contributed by atoms with Crippen LogP contribution in [0.1, 0.15) is 18.4 Å². The summed E-state index contributed by atoms with van der Waals surface area (Å²) in [5, 5.41) is 5.99. The van der Waals surface area contributed by atoms with Crippen molar-refractivity contribution in [1.29, 1.82) is 0 Å². The normalized spacial score (nSPS) is 18.8. The fourth-order valence-electron chi connectivity index (χ4n) is 2.88. The van der Waals surface area contributed by atoms with Crippen LogP contribution in [0.3, 0.4) is 0 Å². The van der Waals surface area contributed by atoms with Gasteiger partial charge in [0.05, 0.1) is 13.1 Å². The van der Waals surface area contributed by atoms with Gasteiger partial charge in [-0.3, -0.25) is 19.4 Å². The van der Waals surface area contributed by atoms with Gasteiger partial charge in [-0.15, -0.1) is 0 Å². The van der Waals surface area contributed by atoms with Gasteiger partial charge >= 0.3 is 0 Å². The van der Waals surface area contributed by atoms with Crippen molar-refractivity contribution in [1.82, 2.24) is 15.1 Å². The Labute approximate surface area is 162 Å². The number of anilines is 1. The molecule has 1 aliphatic heterocycles. The summed E-state index contributed by atoms with van der Waals surface area (Å²) in [5.41, 5.74) is 2.05. The van der Waals surface area contributed by atoms with E-state index in [-0.39, 0.29) is 11.8 Å². The number of amides is 2. The Bertz CT molecular complexity index is 640. The van der Waals surface area contributed by atoms with Crippen LogP contribution in [0.15, 0.2) is 18.2 Å². The molecule has 1 saturated heterocycles. The number of carbonyl (C=O) groups is 2. The van der Waals surface area contributed by atoms with Gasteiger partial charge < -0.3 is 10.6 Å². The van der Waals surface area contributed by atoms with Gasteiger partial charge in [-0.2, -0.15) is 0 Å². The summed E-state index contributed by atoms with van der Waals surface area (Å²) in [5.74, 6) is 0.141. The van der Waals surface area contributed by atoms with Crippen LogP contribution in [0.2, 0.25) is 0 Å². The first-order valence-corrected chi connectivity index (χ1v) is 9.87. The number of nitrogens with zero attached hydrogens (tertiary/aromatic N) is 2. The molecular formula is C18H25IN4O2. The maximum atomic E-state index is 12.2. The first-order chi connectivity index (χ1) is 12.0. The van der Waals surface area contributed by atoms with E-state index in [4.69, 9.17) is 0 Å². The second-order valence-corrected chi connectivity index (χ2v) is 8.07. The lowest BCUT2D eigenvalue weighted by Crippen LogP contribution is -2.51. The number of aryl methyl sites for hydroxylation is 1. The Balaban J connectivity index is 1.38. The molecule has 1 saturated carbocycles. The number of halogens is 1. The summed E-state index contributed by atoms with van der Waals surface area (Å²) < 4.78 is 1.15. The minimum Gasteiger partial charge on any atom is -0.352 e. The van der Waals surface area contributed by atoms with Gasteiger partial charge in [0.25, 0.3) is 0 Å². The predicted octanol–water partition coefficient (Wildman–Crippen LogP) is 1.43. The van der Waals surface area contributed by atoms with Crippen molar-refractivity contribution < 1.29 is 9.59 Å². The largest absolute Gasteiger partial charge is 0.352 e. The average molecular weight is 456 g/mol. The zero-order chi connectivity index (χ0) is 17.8. The molecule has 3 rings (SSSR count). The number of piperazine rings is 1. The topological polar surface area (TPSA) is 64.7 Å². The smallest absolute Gasteiger partial charge is 0.238 e. The second kappa shape index (κ2) is 8.46. The first-order valence-electron chi connectivity index (χ1n) is 8.79. The Hall–Kier alpha value is -1.19. The Morgan fingerprint density at radius 3 is 2.24 bits per heavy atom. The minimum atomic E-state index is 0.0135. The van der Waals surface area contributed by atoms with Crippen molar-refractivity contribution in [3.05, 3.63) is 27.3 Å². The van der Waals surface area contributed by atoms with Crippen LogP contribution in [0.5, 0.6) is 0 Å². The zero-order valence-electron chi connectivity index (χ0n) is 14.6. The fourth-order valence-corrected chi connectivity index (χ4v) is 3.40. The molecule has 136 valence electrons. The standard InChI is InChI=1S/C18H25IN4O2/c1-13-2-3-15(10-16(13)19)21-18(25)12-23-8-6-22(7-9-23)11-17(24)20-14-4-5-14/h2-3,10,14H,4-9,11-12H2,1H3,(H,20,24)(H,21,25). The quantitative estimate of drug-likeness (QED) is 0.637. The number of hydrogen-bond donors (Lipinski definition) is 2. The van der Waals surface area contributed by atoms with E-state index < -0.39 is 0 Å². The summed E-state index contributed by atoms with van der Waals surface area (Å²) in [4.78, 5) is 28.4. The first kappa shape index (κ1) is 18.6. The molecule has 2 fully saturated rings. The van der Waals surface area contributed by atoms with Gasteiger partial charge in [0.15, 0.2) is 0 Å². The molecule has 1 heterocycles. The summed E-state index contributed by atoms with van der Waals surface area (Å²) in [7, 11) is 0. The third-order valence-corrected chi connectivity index (χ3v) is 5.76. The molecule has 7 heteroatoms. The molecule has 2 aliphatic rings. The van der Waals surface area contributed by atoms with Gasteiger partial charge in [-0.1, -0.05) is 6.07 Å². The Morgan fingerprint density at radius 2 is 1.68 bits per heavy atom. The third-order valence-electron chi connectivity index (χ3n) is 4.60. The van der Waals surface area contributed by atoms with Crippen LogP contribution in [-0.4, -0.2) is 66.9 Å². The highest BCUT2D eigenvalue weighted by atomic mass is 127. The monoisotopic (exact) mass is 456 g/mol. The highest BCUT2D eigenvalue weighted by Crippen LogP contribution is 2.18. The molecule has 0 atom stereocenters. The molecule has 0 spiro atoms. The maximum absolute atomic E-state index is 12.2. The fraction of sp³-hybridized carbons (Fsp3) is 0.556. The molecule has 2 amide bonds. The van der Waals surface area contributed by atoms with Gasteiger partial charge in [-0.25, -0.2) is 0 Å². The lowest BCUT2D eigenvalue weighted by molar-refractivity contribution is -0.123. The van der Waals surface area contributed by atoms with Crippen molar-refractivity contribution in [2.75, 3.05) is 44.6 Å². The molecule has 0 aromatic heterocycles. The maximum Gasteiger partial charge on any atom is 0.238 e. The lowest BCUT2D eigenvalue weighted by atomic mass is 10.2. The summed E-state index contributed by atoms with van der Waals surface area (Å²) in [6.07, 6.45) is 2.24. The van der Waals surface area contributed by atoms with Crippen molar-refractivity contribution >= 4 is 40.1 Å².